The van der Waals surface area contributed by atoms with Crippen molar-refractivity contribution in [2.45, 2.75) is 13.0 Å². The molecular formula is C12H10BrFO2. The van der Waals surface area contributed by atoms with E-state index in [1.54, 1.807) is 31.2 Å². The first kappa shape index (κ1) is 11.4. The van der Waals surface area contributed by atoms with Crippen molar-refractivity contribution in [1.82, 2.24) is 0 Å². The predicted molar refractivity (Wildman–Crippen MR) is 61.6 cm³/mol. The first-order chi connectivity index (χ1) is 7.61. The van der Waals surface area contributed by atoms with Gasteiger partial charge in [0, 0.05) is 11.1 Å². The van der Waals surface area contributed by atoms with E-state index in [1.807, 2.05) is 0 Å². The molecule has 2 nitrogen and oxygen atoms in total. The SMILES string of the molecule is Cc1occc1C(O)c1cccc(Br)c1F. The van der Waals surface area contributed by atoms with E-state index < -0.39 is 11.9 Å². The van der Waals surface area contributed by atoms with E-state index in [0.29, 0.717) is 15.8 Å². The topological polar surface area (TPSA) is 33.4 Å². The van der Waals surface area contributed by atoms with Crippen LogP contribution in [0.2, 0.25) is 0 Å². The van der Waals surface area contributed by atoms with Crippen LogP contribution in [0.4, 0.5) is 4.39 Å². The molecule has 0 bridgehead atoms. The minimum atomic E-state index is -1.00. The van der Waals surface area contributed by atoms with Crippen molar-refractivity contribution in [2.75, 3.05) is 0 Å². The van der Waals surface area contributed by atoms with E-state index in [4.69, 9.17) is 4.42 Å². The number of furan rings is 1. The zero-order chi connectivity index (χ0) is 11.7. The summed E-state index contributed by atoms with van der Waals surface area (Å²) in [5.41, 5.74) is 0.816. The van der Waals surface area contributed by atoms with Crippen molar-refractivity contribution in [1.29, 1.82) is 0 Å². The summed E-state index contributed by atoms with van der Waals surface area (Å²) in [7, 11) is 0. The van der Waals surface area contributed by atoms with Gasteiger partial charge < -0.3 is 9.52 Å². The van der Waals surface area contributed by atoms with E-state index in [1.165, 1.54) is 6.26 Å². The zero-order valence-corrected chi connectivity index (χ0v) is 10.2. The summed E-state index contributed by atoms with van der Waals surface area (Å²) >= 11 is 3.09. The largest absolute Gasteiger partial charge is 0.469 e. The smallest absolute Gasteiger partial charge is 0.143 e. The molecule has 1 heterocycles. The van der Waals surface area contributed by atoms with Gasteiger partial charge in [-0.05, 0) is 35.0 Å². The van der Waals surface area contributed by atoms with Crippen LogP contribution in [-0.4, -0.2) is 5.11 Å². The average Bonchev–Trinajstić information content (AvgIpc) is 2.68. The fourth-order valence-electron chi connectivity index (χ4n) is 1.58. The molecule has 2 rings (SSSR count). The van der Waals surface area contributed by atoms with E-state index in [-0.39, 0.29) is 5.56 Å². The molecule has 0 spiro atoms. The quantitative estimate of drug-likeness (QED) is 0.915. The first-order valence-corrected chi connectivity index (χ1v) is 5.56. The van der Waals surface area contributed by atoms with Crippen LogP contribution < -0.4 is 0 Å². The third-order valence-electron chi connectivity index (χ3n) is 2.47. The van der Waals surface area contributed by atoms with Crippen molar-refractivity contribution in [3.05, 3.63) is 57.7 Å². The molecule has 0 aliphatic rings. The lowest BCUT2D eigenvalue weighted by Crippen LogP contribution is -2.03. The molecule has 0 radical (unpaired) electrons. The van der Waals surface area contributed by atoms with Gasteiger partial charge in [-0.1, -0.05) is 12.1 Å². The number of hydrogen-bond acceptors (Lipinski definition) is 2. The summed E-state index contributed by atoms with van der Waals surface area (Å²) in [6.45, 7) is 1.73. The van der Waals surface area contributed by atoms with Crippen LogP contribution in [0.5, 0.6) is 0 Å². The molecule has 1 aromatic heterocycles. The Balaban J connectivity index is 2.46. The number of rotatable bonds is 2. The number of aliphatic hydroxyl groups is 1. The second kappa shape index (κ2) is 4.39. The fraction of sp³-hybridized carbons (Fsp3) is 0.167. The highest BCUT2D eigenvalue weighted by Crippen LogP contribution is 2.30. The molecule has 4 heteroatoms. The Hall–Kier alpha value is -1.13. The Morgan fingerprint density at radius 1 is 1.31 bits per heavy atom. The van der Waals surface area contributed by atoms with Crippen LogP contribution in [0.3, 0.4) is 0 Å². The molecule has 0 aliphatic heterocycles. The highest BCUT2D eigenvalue weighted by molar-refractivity contribution is 9.10. The Morgan fingerprint density at radius 3 is 2.69 bits per heavy atom. The maximum absolute atomic E-state index is 13.7. The summed E-state index contributed by atoms with van der Waals surface area (Å²) in [6, 6.07) is 6.46. The maximum Gasteiger partial charge on any atom is 0.143 e. The summed E-state index contributed by atoms with van der Waals surface area (Å²) in [6.07, 6.45) is 0.472. The lowest BCUT2D eigenvalue weighted by molar-refractivity contribution is 0.212. The zero-order valence-electron chi connectivity index (χ0n) is 8.58. The number of benzene rings is 1. The van der Waals surface area contributed by atoms with E-state index >= 15 is 0 Å². The van der Waals surface area contributed by atoms with Gasteiger partial charge in [0.05, 0.1) is 10.7 Å². The first-order valence-electron chi connectivity index (χ1n) is 4.77. The second-order valence-electron chi connectivity index (χ2n) is 3.48. The normalized spacial score (nSPS) is 12.8. The Bertz CT molecular complexity index is 507. The Kier molecular flexibility index (Phi) is 3.12. The van der Waals surface area contributed by atoms with Crippen molar-refractivity contribution in [2.24, 2.45) is 0 Å². The Labute approximate surface area is 101 Å². The van der Waals surface area contributed by atoms with Gasteiger partial charge in [-0.2, -0.15) is 0 Å². The number of aryl methyl sites for hydroxylation is 1. The van der Waals surface area contributed by atoms with Crippen LogP contribution in [0.25, 0.3) is 0 Å². The highest BCUT2D eigenvalue weighted by Gasteiger charge is 2.19. The van der Waals surface area contributed by atoms with Gasteiger partial charge >= 0.3 is 0 Å². The Morgan fingerprint density at radius 2 is 2.06 bits per heavy atom. The van der Waals surface area contributed by atoms with Gasteiger partial charge in [-0.25, -0.2) is 4.39 Å². The van der Waals surface area contributed by atoms with Crippen LogP contribution in [0, 0.1) is 12.7 Å². The van der Waals surface area contributed by atoms with E-state index in [2.05, 4.69) is 15.9 Å². The summed E-state index contributed by atoms with van der Waals surface area (Å²) in [4.78, 5) is 0. The molecule has 84 valence electrons. The van der Waals surface area contributed by atoms with Gasteiger partial charge in [0.15, 0.2) is 0 Å². The lowest BCUT2D eigenvalue weighted by Gasteiger charge is -2.11. The highest BCUT2D eigenvalue weighted by atomic mass is 79.9. The summed E-state index contributed by atoms with van der Waals surface area (Å²) < 4.78 is 19.2. The number of halogens is 2. The number of hydrogen-bond donors (Lipinski definition) is 1. The van der Waals surface area contributed by atoms with Crippen LogP contribution in [-0.2, 0) is 0 Å². The standard InChI is InChI=1S/C12H10BrFO2/c1-7-8(5-6-16-7)12(15)9-3-2-4-10(13)11(9)14/h2-6,12,15H,1H3. The average molecular weight is 285 g/mol. The molecule has 0 amide bonds. The predicted octanol–water partition coefficient (Wildman–Crippen LogP) is 3.57. The van der Waals surface area contributed by atoms with Crippen molar-refractivity contribution >= 4 is 15.9 Å². The third kappa shape index (κ3) is 1.90. The minimum absolute atomic E-state index is 0.235. The molecule has 1 atom stereocenters. The van der Waals surface area contributed by atoms with Gasteiger partial charge in [0.1, 0.15) is 17.7 Å². The molecule has 0 saturated heterocycles. The molecule has 0 fully saturated rings. The number of aliphatic hydroxyl groups excluding tert-OH is 1. The van der Waals surface area contributed by atoms with Crippen LogP contribution >= 0.6 is 15.9 Å². The molecule has 2 aromatic rings. The molecule has 1 N–H and O–H groups in total. The second-order valence-corrected chi connectivity index (χ2v) is 4.33. The van der Waals surface area contributed by atoms with Crippen molar-refractivity contribution < 1.29 is 13.9 Å². The third-order valence-corrected chi connectivity index (χ3v) is 3.08. The molecule has 1 unspecified atom stereocenters. The van der Waals surface area contributed by atoms with Gasteiger partial charge in [-0.15, -0.1) is 0 Å². The monoisotopic (exact) mass is 284 g/mol. The fourth-order valence-corrected chi connectivity index (χ4v) is 1.96. The van der Waals surface area contributed by atoms with Crippen molar-refractivity contribution in [3.63, 3.8) is 0 Å². The lowest BCUT2D eigenvalue weighted by atomic mass is 10.0. The minimum Gasteiger partial charge on any atom is -0.469 e. The summed E-state index contributed by atoms with van der Waals surface area (Å²) in [5, 5.41) is 10.0. The van der Waals surface area contributed by atoms with E-state index in [0.717, 1.165) is 0 Å². The van der Waals surface area contributed by atoms with Crippen LogP contribution in [0.15, 0.2) is 39.4 Å². The van der Waals surface area contributed by atoms with Gasteiger partial charge in [0.2, 0.25) is 0 Å². The van der Waals surface area contributed by atoms with Gasteiger partial charge in [-0.3, -0.25) is 0 Å². The van der Waals surface area contributed by atoms with Crippen molar-refractivity contribution in [3.8, 4) is 0 Å². The molecule has 16 heavy (non-hydrogen) atoms. The maximum atomic E-state index is 13.7. The van der Waals surface area contributed by atoms with Gasteiger partial charge in [0.25, 0.3) is 0 Å². The van der Waals surface area contributed by atoms with Crippen LogP contribution in [0.1, 0.15) is 23.0 Å². The van der Waals surface area contributed by atoms with E-state index in [9.17, 15) is 9.50 Å². The molecule has 1 aromatic carbocycles. The summed E-state index contributed by atoms with van der Waals surface area (Å²) in [5.74, 6) is 0.141. The molecular weight excluding hydrogens is 275 g/mol. The molecule has 0 saturated carbocycles. The molecule has 0 aliphatic carbocycles.